The van der Waals surface area contributed by atoms with Crippen molar-refractivity contribution >= 4 is 15.9 Å². The molecule has 0 aliphatic heterocycles. The molecule has 0 aromatic heterocycles. The third kappa shape index (κ3) is 2.52. The Kier molecular flexibility index (Phi) is 2.67. The molecule has 0 aliphatic rings. The molecule has 12 heavy (non-hydrogen) atoms. The molecular weight excluding hydrogens is 176 g/mol. The van der Waals surface area contributed by atoms with Crippen molar-refractivity contribution in [1.82, 2.24) is 4.72 Å². The van der Waals surface area contributed by atoms with Gasteiger partial charge in [0.1, 0.15) is 0 Å². The Morgan fingerprint density at radius 2 is 2.17 bits per heavy atom. The smallest absolute Gasteiger partial charge is 0.270 e. The van der Waals surface area contributed by atoms with E-state index in [1.54, 1.807) is 24.3 Å². The molecule has 65 valence electrons. The average Bonchev–Trinajstić information content (AvgIpc) is 2.06. The van der Waals surface area contributed by atoms with Crippen molar-refractivity contribution in [2.75, 3.05) is 11.8 Å². The molecule has 0 atom stereocenters. The van der Waals surface area contributed by atoms with E-state index in [1.165, 1.54) is 7.05 Å². The van der Waals surface area contributed by atoms with Gasteiger partial charge in [0.15, 0.2) is 0 Å². The van der Waals surface area contributed by atoms with Crippen LogP contribution in [-0.4, -0.2) is 15.5 Å². The topological polar surface area (TPSA) is 58.2 Å². The predicted octanol–water partition coefficient (Wildman–Crippen LogP) is 0.363. The molecule has 1 aromatic carbocycles. The highest BCUT2D eigenvalue weighted by Gasteiger charge is 2.04. The van der Waals surface area contributed by atoms with Crippen molar-refractivity contribution in [1.29, 1.82) is 0 Å². The molecule has 0 spiro atoms. The molecule has 0 unspecified atom stereocenters. The van der Waals surface area contributed by atoms with Gasteiger partial charge >= 0.3 is 0 Å². The summed E-state index contributed by atoms with van der Waals surface area (Å²) in [6, 6.07) is 9.47. The van der Waals surface area contributed by atoms with E-state index < -0.39 is 10.2 Å². The molecule has 1 rings (SSSR count). The first-order chi connectivity index (χ1) is 5.64. The van der Waals surface area contributed by atoms with Gasteiger partial charge in [-0.1, -0.05) is 18.2 Å². The summed E-state index contributed by atoms with van der Waals surface area (Å²) in [5.74, 6) is 0. The molecule has 0 bridgehead atoms. The first-order valence-electron chi connectivity index (χ1n) is 3.32. The van der Waals surface area contributed by atoms with Crippen LogP contribution < -0.4 is 9.44 Å². The van der Waals surface area contributed by atoms with Crippen LogP contribution in [0.25, 0.3) is 0 Å². The molecule has 0 aliphatic carbocycles. The highest BCUT2D eigenvalue weighted by Crippen LogP contribution is 2.04. The van der Waals surface area contributed by atoms with Gasteiger partial charge in [0, 0.05) is 13.1 Å². The third-order valence-electron chi connectivity index (χ3n) is 1.22. The van der Waals surface area contributed by atoms with Gasteiger partial charge in [-0.25, -0.2) is 4.72 Å². The lowest BCUT2D eigenvalue weighted by atomic mass is 10.3. The minimum atomic E-state index is -3.40. The Labute approximate surface area is 71.8 Å². The zero-order chi connectivity index (χ0) is 9.03. The number of rotatable bonds is 3. The van der Waals surface area contributed by atoms with Crippen LogP contribution in [0.1, 0.15) is 0 Å². The Morgan fingerprint density at radius 3 is 2.67 bits per heavy atom. The average molecular weight is 185 g/mol. The van der Waals surface area contributed by atoms with Crippen molar-refractivity contribution in [2.24, 2.45) is 0 Å². The molecule has 0 heterocycles. The summed E-state index contributed by atoms with van der Waals surface area (Å²) >= 11 is 0. The summed E-state index contributed by atoms with van der Waals surface area (Å²) in [6.07, 6.45) is 0. The summed E-state index contributed by atoms with van der Waals surface area (Å²) in [6.45, 7) is 0. The fraction of sp³-hybridized carbons (Fsp3) is 0.143. The van der Waals surface area contributed by atoms with Crippen molar-refractivity contribution in [3.05, 3.63) is 30.3 Å². The summed E-state index contributed by atoms with van der Waals surface area (Å²) in [5, 5.41) is 0. The molecule has 5 heteroatoms. The van der Waals surface area contributed by atoms with Gasteiger partial charge < -0.3 is 0 Å². The first kappa shape index (κ1) is 9.02. The van der Waals surface area contributed by atoms with Crippen LogP contribution in [0.2, 0.25) is 0 Å². The maximum absolute atomic E-state index is 10.9. The third-order valence-corrected chi connectivity index (χ3v) is 2.25. The quantitative estimate of drug-likeness (QED) is 0.714. The highest BCUT2D eigenvalue weighted by atomic mass is 32.2. The number of hydrogen-bond donors (Lipinski definition) is 2. The van der Waals surface area contributed by atoms with Crippen LogP contribution in [0.5, 0.6) is 0 Å². The van der Waals surface area contributed by atoms with E-state index in [4.69, 9.17) is 0 Å². The number of nitrogens with one attached hydrogen (secondary N) is 2. The lowest BCUT2D eigenvalue weighted by Crippen LogP contribution is -2.26. The van der Waals surface area contributed by atoms with E-state index >= 15 is 0 Å². The Hall–Kier alpha value is -1.07. The van der Waals surface area contributed by atoms with Gasteiger partial charge in [0.2, 0.25) is 0 Å². The zero-order valence-electron chi connectivity index (χ0n) is 6.53. The zero-order valence-corrected chi connectivity index (χ0v) is 7.35. The van der Waals surface area contributed by atoms with Gasteiger partial charge in [0.05, 0.1) is 5.69 Å². The Morgan fingerprint density at radius 1 is 1.42 bits per heavy atom. The predicted molar refractivity (Wildman–Crippen MR) is 46.9 cm³/mol. The van der Waals surface area contributed by atoms with Gasteiger partial charge in [-0.05, 0) is 6.07 Å². The van der Waals surface area contributed by atoms with Crippen LogP contribution in [-0.2, 0) is 10.2 Å². The lowest BCUT2D eigenvalue weighted by molar-refractivity contribution is 0.593. The minimum absolute atomic E-state index is 0.423. The Bertz CT molecular complexity index is 334. The molecule has 0 saturated carbocycles. The molecule has 2 N–H and O–H groups in total. The Balaban J connectivity index is 2.78. The van der Waals surface area contributed by atoms with E-state index in [9.17, 15) is 8.42 Å². The standard InChI is InChI=1S/C7H9N2O2S/c1-8-12(10,11)9-7-5-3-2-4-6-7/h2-5,8-9H,1H3. The van der Waals surface area contributed by atoms with Gasteiger partial charge in [-0.15, -0.1) is 0 Å². The summed E-state index contributed by atoms with van der Waals surface area (Å²) < 4.78 is 26.3. The second-order valence-corrected chi connectivity index (χ2v) is 3.71. The van der Waals surface area contributed by atoms with Gasteiger partial charge in [0.25, 0.3) is 10.2 Å². The summed E-state index contributed by atoms with van der Waals surface area (Å²) in [4.78, 5) is 0. The maximum atomic E-state index is 10.9. The van der Waals surface area contributed by atoms with E-state index in [-0.39, 0.29) is 0 Å². The van der Waals surface area contributed by atoms with Crippen molar-refractivity contribution in [3.8, 4) is 0 Å². The number of hydrogen-bond acceptors (Lipinski definition) is 2. The second-order valence-electron chi connectivity index (χ2n) is 2.09. The minimum Gasteiger partial charge on any atom is -0.270 e. The van der Waals surface area contributed by atoms with E-state index in [1.807, 2.05) is 0 Å². The van der Waals surface area contributed by atoms with Crippen LogP contribution in [0.15, 0.2) is 24.3 Å². The number of benzene rings is 1. The fourth-order valence-electron chi connectivity index (χ4n) is 0.653. The SMILES string of the molecule is CNS(=O)(=O)Nc1[c]cccc1. The van der Waals surface area contributed by atoms with Crippen molar-refractivity contribution < 1.29 is 8.42 Å². The molecule has 0 fully saturated rings. The van der Waals surface area contributed by atoms with E-state index in [2.05, 4.69) is 15.5 Å². The maximum Gasteiger partial charge on any atom is 0.298 e. The van der Waals surface area contributed by atoms with Crippen LogP contribution in [0.3, 0.4) is 0 Å². The second kappa shape index (κ2) is 3.55. The van der Waals surface area contributed by atoms with Crippen LogP contribution in [0, 0.1) is 6.07 Å². The number of anilines is 1. The van der Waals surface area contributed by atoms with E-state index in [0.717, 1.165) is 0 Å². The normalized spacial score (nSPS) is 11.1. The first-order valence-corrected chi connectivity index (χ1v) is 4.80. The molecule has 0 amide bonds. The molecule has 1 aromatic rings. The van der Waals surface area contributed by atoms with Crippen LogP contribution >= 0.6 is 0 Å². The highest BCUT2D eigenvalue weighted by molar-refractivity contribution is 7.90. The molecular formula is C7H9N2O2S. The largest absolute Gasteiger partial charge is 0.298 e. The summed E-state index contributed by atoms with van der Waals surface area (Å²) in [5.41, 5.74) is 0.423. The van der Waals surface area contributed by atoms with Gasteiger partial charge in [-0.3, -0.25) is 4.72 Å². The lowest BCUT2D eigenvalue weighted by Gasteiger charge is -2.04. The number of para-hydroxylation sites is 1. The van der Waals surface area contributed by atoms with Crippen LogP contribution in [0.4, 0.5) is 5.69 Å². The molecule has 1 radical (unpaired) electrons. The van der Waals surface area contributed by atoms with Crippen molar-refractivity contribution in [2.45, 2.75) is 0 Å². The van der Waals surface area contributed by atoms with E-state index in [0.29, 0.717) is 5.69 Å². The molecule has 4 nitrogen and oxygen atoms in total. The fourth-order valence-corrected chi connectivity index (χ4v) is 1.17. The van der Waals surface area contributed by atoms with Gasteiger partial charge in [-0.2, -0.15) is 8.42 Å². The molecule has 0 saturated heterocycles. The monoisotopic (exact) mass is 185 g/mol. The summed E-state index contributed by atoms with van der Waals surface area (Å²) in [7, 11) is -2.07. The van der Waals surface area contributed by atoms with Crippen molar-refractivity contribution in [3.63, 3.8) is 0 Å².